The predicted octanol–water partition coefficient (Wildman–Crippen LogP) is 5.81. The van der Waals surface area contributed by atoms with Crippen molar-refractivity contribution in [2.45, 2.75) is 16.7 Å². The number of rotatable bonds is 5. The standard InChI is InChI=1S/C24H17F2N2S/c1-17-2-4-18(5-3-17)24(19(14-27)15-28)16-29(22-10-6-20(25)7-11-22)23-12-8-21(26)9-13-23/h2-13H,16H2,1H3/q+1. The number of halogens is 2. The van der Waals surface area contributed by atoms with Crippen molar-refractivity contribution >= 4 is 16.5 Å². The van der Waals surface area contributed by atoms with Gasteiger partial charge in [0.25, 0.3) is 0 Å². The van der Waals surface area contributed by atoms with E-state index in [1.54, 1.807) is 24.3 Å². The minimum absolute atomic E-state index is 0.0376. The smallest absolute Gasteiger partial charge is 0.161 e. The molecule has 0 saturated heterocycles. The van der Waals surface area contributed by atoms with E-state index in [1.807, 2.05) is 43.3 Å². The van der Waals surface area contributed by atoms with Crippen molar-refractivity contribution in [3.05, 3.63) is 101 Å². The Morgan fingerprint density at radius 2 is 1.21 bits per heavy atom. The van der Waals surface area contributed by atoms with E-state index in [4.69, 9.17) is 0 Å². The van der Waals surface area contributed by atoms with Gasteiger partial charge in [0.15, 0.2) is 9.79 Å². The fourth-order valence-electron chi connectivity index (χ4n) is 2.86. The number of allylic oxidation sites excluding steroid dienone is 1. The van der Waals surface area contributed by atoms with Crippen LogP contribution in [0.1, 0.15) is 11.1 Å². The fraction of sp³-hybridized carbons (Fsp3) is 0.0833. The van der Waals surface area contributed by atoms with E-state index in [0.29, 0.717) is 11.3 Å². The summed E-state index contributed by atoms with van der Waals surface area (Å²) in [6.07, 6.45) is 0. The Balaban J connectivity index is 2.13. The summed E-state index contributed by atoms with van der Waals surface area (Å²) in [5, 5.41) is 19.0. The molecule has 0 N–H and O–H groups in total. The molecule has 0 aliphatic carbocycles. The summed E-state index contributed by atoms with van der Waals surface area (Å²) in [4.78, 5) is 1.69. The van der Waals surface area contributed by atoms with Gasteiger partial charge in [-0.25, -0.2) is 8.78 Å². The molecule has 0 fully saturated rings. The zero-order valence-corrected chi connectivity index (χ0v) is 16.5. The molecule has 3 aromatic carbocycles. The maximum absolute atomic E-state index is 13.5. The van der Waals surface area contributed by atoms with Gasteiger partial charge in [0.2, 0.25) is 0 Å². The molecule has 3 aromatic rings. The Kier molecular flexibility index (Phi) is 6.44. The zero-order chi connectivity index (χ0) is 20.8. The predicted molar refractivity (Wildman–Crippen MR) is 111 cm³/mol. The van der Waals surface area contributed by atoms with E-state index >= 15 is 0 Å². The van der Waals surface area contributed by atoms with E-state index in [9.17, 15) is 19.3 Å². The van der Waals surface area contributed by atoms with E-state index in [2.05, 4.69) is 0 Å². The average molecular weight is 403 g/mol. The van der Waals surface area contributed by atoms with Crippen molar-refractivity contribution < 1.29 is 8.78 Å². The van der Waals surface area contributed by atoms with Gasteiger partial charge in [0, 0.05) is 5.57 Å². The van der Waals surface area contributed by atoms with Crippen LogP contribution in [0.25, 0.3) is 5.57 Å². The molecule has 2 nitrogen and oxygen atoms in total. The second kappa shape index (κ2) is 9.19. The van der Waals surface area contributed by atoms with Crippen LogP contribution in [0, 0.1) is 41.2 Å². The molecule has 0 radical (unpaired) electrons. The van der Waals surface area contributed by atoms with E-state index in [-0.39, 0.29) is 17.2 Å². The molecule has 0 amide bonds. The summed E-state index contributed by atoms with van der Waals surface area (Å²) in [6, 6.07) is 23.9. The van der Waals surface area contributed by atoms with Gasteiger partial charge in [-0.1, -0.05) is 29.8 Å². The first kappa shape index (κ1) is 20.3. The molecule has 0 saturated carbocycles. The number of aryl methyl sites for hydroxylation is 1. The van der Waals surface area contributed by atoms with E-state index in [0.717, 1.165) is 20.9 Å². The van der Waals surface area contributed by atoms with Gasteiger partial charge < -0.3 is 0 Å². The Morgan fingerprint density at radius 1 is 0.759 bits per heavy atom. The summed E-state index contributed by atoms with van der Waals surface area (Å²) >= 11 is 0. The lowest BCUT2D eigenvalue weighted by molar-refractivity contribution is 0.626. The highest BCUT2D eigenvalue weighted by Crippen LogP contribution is 2.31. The molecule has 0 spiro atoms. The monoisotopic (exact) mass is 403 g/mol. The van der Waals surface area contributed by atoms with Gasteiger partial charge in [-0.15, -0.1) is 0 Å². The van der Waals surface area contributed by atoms with Crippen LogP contribution in [0.4, 0.5) is 8.78 Å². The van der Waals surface area contributed by atoms with Gasteiger partial charge in [-0.05, 0) is 61.0 Å². The third kappa shape index (κ3) is 4.90. The summed E-state index contributed by atoms with van der Waals surface area (Å²) in [7, 11) is -0.621. The lowest BCUT2D eigenvalue weighted by Crippen LogP contribution is -2.12. The summed E-state index contributed by atoms with van der Waals surface area (Å²) < 4.78 is 26.9. The Morgan fingerprint density at radius 3 is 1.62 bits per heavy atom. The van der Waals surface area contributed by atoms with Crippen LogP contribution in [0.3, 0.4) is 0 Å². The molecule has 0 unspecified atom stereocenters. The van der Waals surface area contributed by atoms with Gasteiger partial charge in [0.1, 0.15) is 35.1 Å². The molecule has 0 heterocycles. The highest BCUT2D eigenvalue weighted by Gasteiger charge is 2.29. The lowest BCUT2D eigenvalue weighted by atomic mass is 10.0. The maximum atomic E-state index is 13.5. The molecule has 0 bridgehead atoms. The van der Waals surface area contributed by atoms with Gasteiger partial charge in [-0.3, -0.25) is 0 Å². The maximum Gasteiger partial charge on any atom is 0.161 e. The fourth-order valence-corrected chi connectivity index (χ4v) is 4.99. The van der Waals surface area contributed by atoms with Crippen LogP contribution in [0.15, 0.2) is 88.2 Å². The van der Waals surface area contributed by atoms with Crippen LogP contribution in [-0.4, -0.2) is 5.75 Å². The molecule has 0 aromatic heterocycles. The minimum Gasteiger partial charge on any atom is -0.207 e. The molecular formula is C24H17F2N2S+. The molecule has 0 aliphatic heterocycles. The highest BCUT2D eigenvalue weighted by atomic mass is 32.2. The molecule has 142 valence electrons. The van der Waals surface area contributed by atoms with Crippen LogP contribution in [0.5, 0.6) is 0 Å². The molecule has 29 heavy (non-hydrogen) atoms. The zero-order valence-electron chi connectivity index (χ0n) is 15.7. The van der Waals surface area contributed by atoms with Crippen molar-refractivity contribution in [1.82, 2.24) is 0 Å². The van der Waals surface area contributed by atoms with Crippen LogP contribution in [-0.2, 0) is 10.9 Å². The van der Waals surface area contributed by atoms with Gasteiger partial charge in [-0.2, -0.15) is 10.5 Å². The van der Waals surface area contributed by atoms with Crippen molar-refractivity contribution in [2.24, 2.45) is 0 Å². The summed E-state index contributed by atoms with van der Waals surface area (Å²) in [6.45, 7) is 1.96. The van der Waals surface area contributed by atoms with E-state index < -0.39 is 10.9 Å². The first-order chi connectivity index (χ1) is 14.0. The number of nitrogens with zero attached hydrogens (tertiary/aromatic N) is 2. The van der Waals surface area contributed by atoms with Crippen molar-refractivity contribution in [3.63, 3.8) is 0 Å². The molecular weight excluding hydrogens is 386 g/mol. The first-order valence-corrected chi connectivity index (χ1v) is 10.2. The van der Waals surface area contributed by atoms with Crippen LogP contribution >= 0.6 is 0 Å². The largest absolute Gasteiger partial charge is 0.207 e. The second-order valence-corrected chi connectivity index (χ2v) is 8.40. The molecule has 3 rings (SSSR count). The molecule has 5 heteroatoms. The third-order valence-corrected chi connectivity index (χ3v) is 6.67. The second-order valence-electron chi connectivity index (χ2n) is 6.39. The van der Waals surface area contributed by atoms with Gasteiger partial charge >= 0.3 is 0 Å². The minimum atomic E-state index is -0.621. The third-order valence-electron chi connectivity index (χ3n) is 4.41. The molecule has 0 aliphatic rings. The normalized spacial score (nSPS) is 10.3. The molecule has 0 atom stereocenters. The topological polar surface area (TPSA) is 47.6 Å². The summed E-state index contributed by atoms with van der Waals surface area (Å²) in [5.74, 6) is -0.322. The number of hydrogen-bond acceptors (Lipinski definition) is 2. The van der Waals surface area contributed by atoms with Crippen molar-refractivity contribution in [2.75, 3.05) is 5.75 Å². The van der Waals surface area contributed by atoms with Crippen molar-refractivity contribution in [1.29, 1.82) is 10.5 Å². The van der Waals surface area contributed by atoms with Crippen molar-refractivity contribution in [3.8, 4) is 12.1 Å². The Bertz CT molecular complexity index is 1040. The first-order valence-electron chi connectivity index (χ1n) is 8.84. The lowest BCUT2D eigenvalue weighted by Gasteiger charge is -2.12. The highest BCUT2D eigenvalue weighted by molar-refractivity contribution is 7.97. The summed E-state index contributed by atoms with van der Waals surface area (Å²) in [5.41, 5.74) is 2.51. The SMILES string of the molecule is Cc1ccc(C(C[S+](c2ccc(F)cc2)c2ccc(F)cc2)=C(C#N)C#N)cc1. The van der Waals surface area contributed by atoms with E-state index in [1.165, 1.54) is 24.3 Å². The van der Waals surface area contributed by atoms with Gasteiger partial charge in [0.05, 0.1) is 10.9 Å². The Hall–Kier alpha value is -3.41. The number of benzene rings is 3. The Labute approximate surface area is 171 Å². The van der Waals surface area contributed by atoms with Crippen LogP contribution in [0.2, 0.25) is 0 Å². The number of hydrogen-bond donors (Lipinski definition) is 0. The quantitative estimate of drug-likeness (QED) is 0.399. The average Bonchev–Trinajstić information content (AvgIpc) is 2.74. The number of nitriles is 2. The van der Waals surface area contributed by atoms with Crippen LogP contribution < -0.4 is 0 Å².